The number of aromatic hydroxyl groups is 1. The molecule has 0 heterocycles. The molecule has 0 saturated heterocycles. The van der Waals surface area contributed by atoms with E-state index < -0.39 is 0 Å². The molecule has 1 rings (SSSR count). The highest BCUT2D eigenvalue weighted by atomic mass is 16.3. The third kappa shape index (κ3) is 2.90. The lowest BCUT2D eigenvalue weighted by Crippen LogP contribution is -2.21. The van der Waals surface area contributed by atoms with Crippen molar-refractivity contribution in [2.75, 3.05) is 25.4 Å². The van der Waals surface area contributed by atoms with Crippen LogP contribution in [-0.4, -0.2) is 29.9 Å². The summed E-state index contributed by atoms with van der Waals surface area (Å²) in [4.78, 5) is 0. The van der Waals surface area contributed by atoms with Gasteiger partial charge in [0.1, 0.15) is 5.75 Å². The topological polar surface area (TPSA) is 78.5 Å². The molecule has 4 heteroatoms. The zero-order valence-electron chi connectivity index (χ0n) is 8.03. The van der Waals surface area contributed by atoms with Crippen molar-refractivity contribution >= 4 is 5.69 Å². The van der Waals surface area contributed by atoms with Gasteiger partial charge in [-0.2, -0.15) is 0 Å². The second-order valence-electron chi connectivity index (χ2n) is 3.07. The Labute approximate surface area is 83.4 Å². The Bertz CT molecular complexity index is 269. The van der Waals surface area contributed by atoms with Crippen LogP contribution >= 0.6 is 0 Å². The second kappa shape index (κ2) is 5.47. The summed E-state index contributed by atoms with van der Waals surface area (Å²) >= 11 is 0. The standard InChI is InChI=1S/C10H16N2O2/c11-9-2-1-3-10(14)8(9)4-5-12-6-7-13/h1-3,12-14H,4-7,11H2. The second-order valence-corrected chi connectivity index (χ2v) is 3.07. The summed E-state index contributed by atoms with van der Waals surface area (Å²) < 4.78 is 0. The lowest BCUT2D eigenvalue weighted by molar-refractivity contribution is 0.292. The van der Waals surface area contributed by atoms with E-state index in [-0.39, 0.29) is 12.4 Å². The molecule has 78 valence electrons. The monoisotopic (exact) mass is 196 g/mol. The maximum absolute atomic E-state index is 9.49. The quantitative estimate of drug-likeness (QED) is 0.398. The minimum atomic E-state index is 0.121. The summed E-state index contributed by atoms with van der Waals surface area (Å²) in [6.45, 7) is 1.38. The van der Waals surface area contributed by atoms with Crippen LogP contribution in [-0.2, 0) is 6.42 Å². The number of hydrogen-bond acceptors (Lipinski definition) is 4. The Morgan fingerprint density at radius 1 is 1.29 bits per heavy atom. The summed E-state index contributed by atoms with van der Waals surface area (Å²) in [6, 6.07) is 5.11. The number of nitrogen functional groups attached to an aromatic ring is 1. The third-order valence-electron chi connectivity index (χ3n) is 2.03. The van der Waals surface area contributed by atoms with Crippen molar-refractivity contribution in [3.05, 3.63) is 23.8 Å². The normalized spacial score (nSPS) is 10.4. The molecular weight excluding hydrogens is 180 g/mol. The number of aliphatic hydroxyl groups excluding tert-OH is 1. The van der Waals surface area contributed by atoms with Gasteiger partial charge in [-0.1, -0.05) is 6.07 Å². The lowest BCUT2D eigenvalue weighted by atomic mass is 10.1. The van der Waals surface area contributed by atoms with Crippen molar-refractivity contribution in [3.8, 4) is 5.75 Å². The molecule has 0 aliphatic rings. The van der Waals surface area contributed by atoms with Gasteiger partial charge in [-0.05, 0) is 25.1 Å². The van der Waals surface area contributed by atoms with Crippen molar-refractivity contribution in [2.45, 2.75) is 6.42 Å². The van der Waals surface area contributed by atoms with Crippen molar-refractivity contribution in [3.63, 3.8) is 0 Å². The number of anilines is 1. The SMILES string of the molecule is Nc1cccc(O)c1CCNCCO. The Morgan fingerprint density at radius 2 is 2.07 bits per heavy atom. The number of nitrogens with one attached hydrogen (secondary N) is 1. The Hall–Kier alpha value is -1.26. The predicted octanol–water partition coefficient (Wildman–Crippen LogP) is 0.0988. The minimum absolute atomic E-state index is 0.121. The molecule has 0 aliphatic carbocycles. The number of rotatable bonds is 5. The molecule has 0 atom stereocenters. The van der Waals surface area contributed by atoms with E-state index >= 15 is 0 Å². The average Bonchev–Trinajstić information content (AvgIpc) is 2.16. The van der Waals surface area contributed by atoms with Gasteiger partial charge in [0.05, 0.1) is 6.61 Å². The fourth-order valence-electron chi connectivity index (χ4n) is 1.28. The first-order chi connectivity index (χ1) is 6.75. The van der Waals surface area contributed by atoms with Crippen LogP contribution in [0.1, 0.15) is 5.56 Å². The number of phenols is 1. The molecule has 5 N–H and O–H groups in total. The maximum atomic E-state index is 9.49. The van der Waals surface area contributed by atoms with Crippen LogP contribution in [0, 0.1) is 0 Å². The van der Waals surface area contributed by atoms with Gasteiger partial charge in [0, 0.05) is 17.8 Å². The summed E-state index contributed by atoms with van der Waals surface area (Å²) in [7, 11) is 0. The van der Waals surface area contributed by atoms with Gasteiger partial charge < -0.3 is 21.3 Å². The molecule has 0 amide bonds. The average molecular weight is 196 g/mol. The number of nitrogens with two attached hydrogens (primary N) is 1. The van der Waals surface area contributed by atoms with Crippen molar-refractivity contribution in [1.82, 2.24) is 5.32 Å². The molecule has 0 fully saturated rings. The molecular formula is C10H16N2O2. The molecule has 0 bridgehead atoms. The van der Waals surface area contributed by atoms with E-state index in [1.54, 1.807) is 18.2 Å². The minimum Gasteiger partial charge on any atom is -0.508 e. The Kier molecular flexibility index (Phi) is 4.22. The van der Waals surface area contributed by atoms with Crippen LogP contribution in [0.4, 0.5) is 5.69 Å². The van der Waals surface area contributed by atoms with E-state index in [1.807, 2.05) is 0 Å². The van der Waals surface area contributed by atoms with Gasteiger partial charge in [-0.3, -0.25) is 0 Å². The zero-order chi connectivity index (χ0) is 10.4. The van der Waals surface area contributed by atoms with E-state index in [4.69, 9.17) is 10.8 Å². The first-order valence-corrected chi connectivity index (χ1v) is 4.63. The highest BCUT2D eigenvalue weighted by Gasteiger charge is 2.03. The molecule has 0 aromatic heterocycles. The highest BCUT2D eigenvalue weighted by Crippen LogP contribution is 2.22. The third-order valence-corrected chi connectivity index (χ3v) is 2.03. The van der Waals surface area contributed by atoms with Gasteiger partial charge in [-0.15, -0.1) is 0 Å². The highest BCUT2D eigenvalue weighted by molar-refractivity contribution is 5.53. The van der Waals surface area contributed by atoms with Crippen LogP contribution < -0.4 is 11.1 Å². The molecule has 0 saturated carbocycles. The molecule has 0 radical (unpaired) electrons. The first kappa shape index (κ1) is 10.8. The smallest absolute Gasteiger partial charge is 0.120 e. The number of aliphatic hydroxyl groups is 1. The lowest BCUT2D eigenvalue weighted by Gasteiger charge is -2.08. The van der Waals surface area contributed by atoms with Gasteiger partial charge in [0.15, 0.2) is 0 Å². The van der Waals surface area contributed by atoms with Gasteiger partial charge >= 0.3 is 0 Å². The molecule has 0 unspecified atom stereocenters. The maximum Gasteiger partial charge on any atom is 0.120 e. The molecule has 1 aromatic carbocycles. The van der Waals surface area contributed by atoms with Crippen LogP contribution in [0.15, 0.2) is 18.2 Å². The Morgan fingerprint density at radius 3 is 2.71 bits per heavy atom. The van der Waals surface area contributed by atoms with E-state index in [0.717, 1.165) is 5.56 Å². The predicted molar refractivity (Wildman–Crippen MR) is 56.2 cm³/mol. The molecule has 4 nitrogen and oxygen atoms in total. The van der Waals surface area contributed by atoms with Crippen molar-refractivity contribution < 1.29 is 10.2 Å². The van der Waals surface area contributed by atoms with E-state index in [9.17, 15) is 5.11 Å². The molecule has 14 heavy (non-hydrogen) atoms. The molecule has 0 aliphatic heterocycles. The summed E-state index contributed by atoms with van der Waals surface area (Å²) in [5, 5.41) is 21.0. The summed E-state index contributed by atoms with van der Waals surface area (Å²) in [6.07, 6.45) is 0.665. The zero-order valence-corrected chi connectivity index (χ0v) is 8.03. The van der Waals surface area contributed by atoms with Crippen molar-refractivity contribution in [2.24, 2.45) is 0 Å². The summed E-state index contributed by atoms with van der Waals surface area (Å²) in [5.74, 6) is 0.232. The Balaban J connectivity index is 2.49. The van der Waals surface area contributed by atoms with Crippen LogP contribution in [0.25, 0.3) is 0 Å². The molecule has 0 spiro atoms. The van der Waals surface area contributed by atoms with Crippen LogP contribution in [0.5, 0.6) is 5.75 Å². The number of benzene rings is 1. The van der Waals surface area contributed by atoms with Gasteiger partial charge in [0.25, 0.3) is 0 Å². The largest absolute Gasteiger partial charge is 0.508 e. The van der Waals surface area contributed by atoms with Crippen LogP contribution in [0.2, 0.25) is 0 Å². The van der Waals surface area contributed by atoms with Gasteiger partial charge in [0.2, 0.25) is 0 Å². The number of hydrogen-bond donors (Lipinski definition) is 4. The first-order valence-electron chi connectivity index (χ1n) is 4.63. The van der Waals surface area contributed by atoms with E-state index in [2.05, 4.69) is 5.32 Å². The van der Waals surface area contributed by atoms with Crippen LogP contribution in [0.3, 0.4) is 0 Å². The fourth-order valence-corrected chi connectivity index (χ4v) is 1.28. The van der Waals surface area contributed by atoms with E-state index in [0.29, 0.717) is 25.2 Å². The van der Waals surface area contributed by atoms with E-state index in [1.165, 1.54) is 0 Å². The van der Waals surface area contributed by atoms with Crippen molar-refractivity contribution in [1.29, 1.82) is 0 Å². The number of phenolic OH excluding ortho intramolecular Hbond substituents is 1. The summed E-state index contributed by atoms with van der Waals surface area (Å²) in [5.41, 5.74) is 7.07. The molecule has 1 aromatic rings. The fraction of sp³-hybridized carbons (Fsp3) is 0.400. The van der Waals surface area contributed by atoms with Gasteiger partial charge in [-0.25, -0.2) is 0 Å².